The fraction of sp³-hybridized carbons (Fsp3) is 1.00. The average molecular weight is 253 g/mol. The van der Waals surface area contributed by atoms with Crippen molar-refractivity contribution < 1.29 is 4.74 Å². The largest absolute Gasteiger partial charge is 0.377 e. The van der Waals surface area contributed by atoms with Gasteiger partial charge in [-0.25, -0.2) is 0 Å². The molecular formula is C7H12INO. The molecule has 2 rings (SSSR count). The Labute approximate surface area is 74.8 Å². The van der Waals surface area contributed by atoms with E-state index in [1.54, 1.807) is 0 Å². The van der Waals surface area contributed by atoms with Gasteiger partial charge in [0.2, 0.25) is 0 Å². The molecular weight excluding hydrogens is 241 g/mol. The predicted molar refractivity (Wildman–Crippen MR) is 48.5 cm³/mol. The molecule has 0 aromatic heterocycles. The van der Waals surface area contributed by atoms with Gasteiger partial charge in [0.05, 0.1) is 12.7 Å². The van der Waals surface area contributed by atoms with E-state index in [-0.39, 0.29) is 0 Å². The Morgan fingerprint density at radius 2 is 2.40 bits per heavy atom. The Bertz CT molecular complexity index is 136. The Kier molecular flexibility index (Phi) is 1.90. The van der Waals surface area contributed by atoms with Crippen LogP contribution >= 0.6 is 22.6 Å². The first kappa shape index (κ1) is 7.31. The molecule has 2 aliphatic heterocycles. The van der Waals surface area contributed by atoms with E-state index in [4.69, 9.17) is 4.74 Å². The van der Waals surface area contributed by atoms with Crippen LogP contribution in [0.25, 0.3) is 0 Å². The molecule has 10 heavy (non-hydrogen) atoms. The van der Waals surface area contributed by atoms with E-state index < -0.39 is 0 Å². The second kappa shape index (κ2) is 2.60. The first-order valence-corrected chi connectivity index (χ1v) is 5.26. The van der Waals surface area contributed by atoms with E-state index in [1.165, 1.54) is 19.5 Å². The molecule has 58 valence electrons. The highest BCUT2D eigenvalue weighted by Crippen LogP contribution is 2.36. The maximum atomic E-state index is 5.61. The van der Waals surface area contributed by atoms with Crippen molar-refractivity contribution in [1.29, 1.82) is 0 Å². The lowest BCUT2D eigenvalue weighted by Gasteiger charge is -2.37. The third-order valence-corrected chi connectivity index (χ3v) is 3.44. The minimum Gasteiger partial charge on any atom is -0.377 e. The Morgan fingerprint density at radius 1 is 1.60 bits per heavy atom. The summed E-state index contributed by atoms with van der Waals surface area (Å²) in [4.78, 5) is 0. The van der Waals surface area contributed by atoms with Gasteiger partial charge in [0, 0.05) is 22.9 Å². The summed E-state index contributed by atoms with van der Waals surface area (Å²) >= 11 is 2.40. The lowest BCUT2D eigenvalue weighted by atomic mass is 9.80. The third-order valence-electron chi connectivity index (χ3n) is 2.46. The number of rotatable bonds is 1. The Balaban J connectivity index is 1.92. The summed E-state index contributed by atoms with van der Waals surface area (Å²) in [6.07, 6.45) is 1.82. The Hall–Kier alpha value is 0.650. The van der Waals surface area contributed by atoms with E-state index in [0.717, 1.165) is 11.0 Å². The van der Waals surface area contributed by atoms with Gasteiger partial charge in [-0.1, -0.05) is 22.6 Å². The van der Waals surface area contributed by atoms with E-state index in [9.17, 15) is 0 Å². The van der Waals surface area contributed by atoms with Crippen molar-refractivity contribution in [1.82, 2.24) is 5.32 Å². The number of halogens is 1. The number of hydrogen-bond donors (Lipinski definition) is 1. The van der Waals surface area contributed by atoms with Crippen LogP contribution in [0.2, 0.25) is 0 Å². The highest BCUT2D eigenvalue weighted by molar-refractivity contribution is 14.1. The number of alkyl halides is 1. The second-order valence-corrected chi connectivity index (χ2v) is 4.28. The van der Waals surface area contributed by atoms with Crippen LogP contribution in [0.15, 0.2) is 0 Å². The van der Waals surface area contributed by atoms with Crippen molar-refractivity contribution in [3.05, 3.63) is 0 Å². The van der Waals surface area contributed by atoms with Crippen LogP contribution in [0.4, 0.5) is 0 Å². The highest BCUT2D eigenvalue weighted by atomic mass is 127. The van der Waals surface area contributed by atoms with Crippen LogP contribution in [0.1, 0.15) is 6.42 Å². The van der Waals surface area contributed by atoms with Crippen LogP contribution in [0.5, 0.6) is 0 Å². The Morgan fingerprint density at radius 3 is 2.70 bits per heavy atom. The van der Waals surface area contributed by atoms with Crippen molar-refractivity contribution in [2.24, 2.45) is 5.41 Å². The summed E-state index contributed by atoms with van der Waals surface area (Å²) in [7, 11) is 0. The molecule has 1 unspecified atom stereocenters. The first-order chi connectivity index (χ1) is 4.85. The topological polar surface area (TPSA) is 21.3 Å². The van der Waals surface area contributed by atoms with Crippen LogP contribution in [-0.4, -0.2) is 30.2 Å². The van der Waals surface area contributed by atoms with Gasteiger partial charge in [0.15, 0.2) is 0 Å². The van der Waals surface area contributed by atoms with Crippen LogP contribution < -0.4 is 5.32 Å². The molecule has 1 atom stereocenters. The molecule has 0 bridgehead atoms. The fourth-order valence-corrected chi connectivity index (χ4v) is 2.29. The fourth-order valence-electron chi connectivity index (χ4n) is 1.72. The lowest BCUT2D eigenvalue weighted by Crippen LogP contribution is -2.53. The SMILES string of the molecule is ICC1CC2(CNC2)CO1. The molecule has 0 aromatic rings. The number of ether oxygens (including phenoxy) is 1. The molecule has 2 saturated heterocycles. The van der Waals surface area contributed by atoms with Crippen LogP contribution in [-0.2, 0) is 4.74 Å². The van der Waals surface area contributed by atoms with E-state index in [0.29, 0.717) is 11.5 Å². The van der Waals surface area contributed by atoms with E-state index in [2.05, 4.69) is 27.9 Å². The second-order valence-electron chi connectivity index (χ2n) is 3.39. The van der Waals surface area contributed by atoms with Gasteiger partial charge >= 0.3 is 0 Å². The predicted octanol–water partition coefficient (Wildman–Crippen LogP) is 0.800. The quantitative estimate of drug-likeness (QED) is 0.551. The smallest absolute Gasteiger partial charge is 0.0671 e. The molecule has 2 nitrogen and oxygen atoms in total. The van der Waals surface area contributed by atoms with E-state index >= 15 is 0 Å². The summed E-state index contributed by atoms with van der Waals surface area (Å²) in [5.74, 6) is 0. The van der Waals surface area contributed by atoms with Gasteiger partial charge in [-0.3, -0.25) is 0 Å². The number of nitrogens with one attached hydrogen (secondary N) is 1. The first-order valence-electron chi connectivity index (χ1n) is 3.73. The van der Waals surface area contributed by atoms with Gasteiger partial charge in [0.25, 0.3) is 0 Å². The van der Waals surface area contributed by atoms with Crippen molar-refractivity contribution in [3.63, 3.8) is 0 Å². The normalized spacial score (nSPS) is 36.3. The van der Waals surface area contributed by atoms with Crippen molar-refractivity contribution in [3.8, 4) is 0 Å². The summed E-state index contributed by atoms with van der Waals surface area (Å²) in [5, 5.41) is 3.31. The van der Waals surface area contributed by atoms with Crippen molar-refractivity contribution in [2.75, 3.05) is 24.1 Å². The minimum atomic E-state index is 0.544. The summed E-state index contributed by atoms with van der Waals surface area (Å²) in [5.41, 5.74) is 0.551. The zero-order valence-electron chi connectivity index (χ0n) is 5.90. The standard InChI is InChI=1S/C7H12INO/c8-2-6-1-7(5-10-6)3-9-4-7/h6,9H,1-5H2. The zero-order chi connectivity index (χ0) is 7.03. The van der Waals surface area contributed by atoms with Gasteiger partial charge in [-0.2, -0.15) is 0 Å². The molecule has 3 heteroatoms. The van der Waals surface area contributed by atoms with E-state index in [1.807, 2.05) is 0 Å². The molecule has 0 amide bonds. The molecule has 0 aliphatic carbocycles. The van der Waals surface area contributed by atoms with Gasteiger partial charge < -0.3 is 10.1 Å². The number of hydrogen-bond acceptors (Lipinski definition) is 2. The minimum absolute atomic E-state index is 0.544. The van der Waals surface area contributed by atoms with Crippen molar-refractivity contribution in [2.45, 2.75) is 12.5 Å². The van der Waals surface area contributed by atoms with Crippen LogP contribution in [0, 0.1) is 5.41 Å². The molecule has 0 radical (unpaired) electrons. The average Bonchev–Trinajstić information content (AvgIpc) is 2.29. The summed E-state index contributed by atoms with van der Waals surface area (Å²) in [6.45, 7) is 3.36. The summed E-state index contributed by atoms with van der Waals surface area (Å²) < 4.78 is 6.76. The van der Waals surface area contributed by atoms with Gasteiger partial charge in [-0.15, -0.1) is 0 Å². The van der Waals surface area contributed by atoms with Gasteiger partial charge in [0.1, 0.15) is 0 Å². The molecule has 2 fully saturated rings. The maximum Gasteiger partial charge on any atom is 0.0671 e. The molecule has 1 N–H and O–H groups in total. The van der Waals surface area contributed by atoms with Crippen molar-refractivity contribution >= 4 is 22.6 Å². The highest BCUT2D eigenvalue weighted by Gasteiger charge is 2.44. The molecule has 0 saturated carbocycles. The molecule has 2 aliphatic rings. The molecule has 1 spiro atoms. The van der Waals surface area contributed by atoms with Gasteiger partial charge in [-0.05, 0) is 6.42 Å². The third kappa shape index (κ3) is 1.08. The summed E-state index contributed by atoms with van der Waals surface area (Å²) in [6, 6.07) is 0. The maximum absolute atomic E-state index is 5.61. The van der Waals surface area contributed by atoms with Crippen LogP contribution in [0.3, 0.4) is 0 Å². The zero-order valence-corrected chi connectivity index (χ0v) is 8.06. The molecule has 0 aromatic carbocycles. The monoisotopic (exact) mass is 253 g/mol. The molecule has 2 heterocycles. The lowest BCUT2D eigenvalue weighted by molar-refractivity contribution is 0.0894.